The van der Waals surface area contributed by atoms with Crippen molar-refractivity contribution in [1.82, 2.24) is 25.3 Å². The third kappa shape index (κ3) is 9.16. The molecule has 0 saturated carbocycles. The lowest BCUT2D eigenvalue weighted by atomic mass is 9.97. The molecule has 2 N–H and O–H groups in total. The second kappa shape index (κ2) is 17.7. The number of ether oxygens (including phenoxy) is 4. The van der Waals surface area contributed by atoms with Crippen LogP contribution in [0.2, 0.25) is 0 Å². The molecule has 5 rings (SSSR count). The second-order valence-electron chi connectivity index (χ2n) is 12.8. The molecule has 0 bridgehead atoms. The molecule has 0 radical (unpaired) electrons. The van der Waals surface area contributed by atoms with Gasteiger partial charge in [-0.15, -0.1) is 0 Å². The summed E-state index contributed by atoms with van der Waals surface area (Å²) in [4.78, 5) is 54.4. The van der Waals surface area contributed by atoms with E-state index in [1.807, 2.05) is 6.92 Å². The number of nitrogens with one attached hydrogen (secondary N) is 2. The molecule has 0 aliphatic carbocycles. The number of aromatic nitrogens is 3. The molecule has 2 fully saturated rings. The molecule has 0 spiro atoms. The topological polar surface area (TPSA) is 155 Å². The molecule has 2 aromatic heterocycles. The molecule has 50 heavy (non-hydrogen) atoms. The monoisotopic (exact) mass is 694 g/mol. The smallest absolute Gasteiger partial charge is 0.306 e. The number of anilines is 1. The molecule has 14 nitrogen and oxygen atoms in total. The third-order valence-electron chi connectivity index (χ3n) is 9.15. The summed E-state index contributed by atoms with van der Waals surface area (Å²) in [7, 11) is 2.08. The van der Waals surface area contributed by atoms with E-state index in [2.05, 4.69) is 67.7 Å². The first kappa shape index (κ1) is 37.2. The molecular weight excluding hydrogens is 644 g/mol. The van der Waals surface area contributed by atoms with Crippen molar-refractivity contribution in [2.45, 2.75) is 97.0 Å². The average Bonchev–Trinajstić information content (AvgIpc) is 3.46. The first-order chi connectivity index (χ1) is 24.2. The lowest BCUT2D eigenvalue weighted by Gasteiger charge is -2.43. The van der Waals surface area contributed by atoms with Crippen LogP contribution in [0, 0.1) is 5.92 Å². The van der Waals surface area contributed by atoms with Crippen LogP contribution in [0.4, 0.5) is 5.95 Å². The van der Waals surface area contributed by atoms with Gasteiger partial charge in [0.15, 0.2) is 18.3 Å². The summed E-state index contributed by atoms with van der Waals surface area (Å²) in [6.45, 7) is 10.6. The van der Waals surface area contributed by atoms with Crippen LogP contribution in [-0.4, -0.2) is 89.3 Å². The van der Waals surface area contributed by atoms with Gasteiger partial charge in [0.2, 0.25) is 12.2 Å². The zero-order chi connectivity index (χ0) is 35.6. The standard InChI is InChI=1S/C36H50N6O8/c1-6-17-46-33-32(49-30(44)8-3)31(48-29(43)7-2)23(4)47-35(33)50-40-34(45)25-20-38-36(39-21-25)42-15-13-24(14-16-42)18-37-19-26-22-41(5)28-12-10-9-11-27(26)28/h9-12,20-24,31-33,35,37H,6-8,13-19H2,1-5H3,(H,40,45)/t23-,31+,32+,33-,35-/m0/s1. The fraction of sp³-hybridized carbons (Fsp3) is 0.583. The van der Waals surface area contributed by atoms with Crippen molar-refractivity contribution in [1.29, 1.82) is 0 Å². The van der Waals surface area contributed by atoms with Gasteiger partial charge in [0.1, 0.15) is 0 Å². The Labute approximate surface area is 293 Å². The van der Waals surface area contributed by atoms with E-state index in [1.165, 1.54) is 28.9 Å². The van der Waals surface area contributed by atoms with Gasteiger partial charge in [0.25, 0.3) is 5.91 Å². The van der Waals surface area contributed by atoms with Gasteiger partial charge in [-0.1, -0.05) is 39.0 Å². The molecule has 2 saturated heterocycles. The van der Waals surface area contributed by atoms with Gasteiger partial charge in [-0.3, -0.25) is 14.4 Å². The summed E-state index contributed by atoms with van der Waals surface area (Å²) >= 11 is 0. The molecule has 4 heterocycles. The summed E-state index contributed by atoms with van der Waals surface area (Å²) in [5.41, 5.74) is 5.14. The number of carbonyl (C=O) groups excluding carboxylic acids is 3. The summed E-state index contributed by atoms with van der Waals surface area (Å²) in [6, 6.07) is 8.46. The minimum Gasteiger partial charge on any atom is -0.456 e. The molecule has 14 heteroatoms. The van der Waals surface area contributed by atoms with Crippen molar-refractivity contribution >= 4 is 34.7 Å². The van der Waals surface area contributed by atoms with Gasteiger partial charge in [0, 0.05) is 75.6 Å². The van der Waals surface area contributed by atoms with E-state index in [0.717, 1.165) is 39.0 Å². The number of hydrogen-bond donors (Lipinski definition) is 2. The van der Waals surface area contributed by atoms with Crippen molar-refractivity contribution < 1.29 is 38.2 Å². The minimum absolute atomic E-state index is 0.112. The van der Waals surface area contributed by atoms with E-state index in [0.29, 0.717) is 24.9 Å². The lowest BCUT2D eigenvalue weighted by Crippen LogP contribution is -2.62. The van der Waals surface area contributed by atoms with Gasteiger partial charge in [-0.25, -0.2) is 20.3 Å². The largest absolute Gasteiger partial charge is 0.456 e. The second-order valence-corrected chi connectivity index (χ2v) is 12.8. The van der Waals surface area contributed by atoms with E-state index in [9.17, 15) is 14.4 Å². The van der Waals surface area contributed by atoms with Crippen LogP contribution in [-0.2, 0) is 47.0 Å². The lowest BCUT2D eigenvalue weighted by molar-refractivity contribution is -0.316. The summed E-state index contributed by atoms with van der Waals surface area (Å²) in [5.74, 6) is -0.431. The molecule has 2 aliphatic heterocycles. The number of aryl methyl sites for hydroxylation is 1. The first-order valence-corrected chi connectivity index (χ1v) is 17.6. The summed E-state index contributed by atoms with van der Waals surface area (Å²) in [6.07, 6.45) is 3.24. The Morgan fingerprint density at radius 3 is 2.32 bits per heavy atom. The van der Waals surface area contributed by atoms with E-state index >= 15 is 0 Å². The molecule has 1 amide bonds. The molecular formula is C36H50N6O8. The third-order valence-corrected chi connectivity index (χ3v) is 9.15. The first-order valence-electron chi connectivity index (χ1n) is 17.6. The average molecular weight is 695 g/mol. The van der Waals surface area contributed by atoms with Crippen LogP contribution < -0.4 is 15.7 Å². The highest BCUT2D eigenvalue weighted by Crippen LogP contribution is 2.30. The highest BCUT2D eigenvalue weighted by molar-refractivity contribution is 5.92. The summed E-state index contributed by atoms with van der Waals surface area (Å²) < 4.78 is 25.4. The highest BCUT2D eigenvalue weighted by Gasteiger charge is 2.50. The quantitative estimate of drug-likeness (QED) is 0.176. The number of hydroxylamine groups is 1. The number of rotatable bonds is 15. The highest BCUT2D eigenvalue weighted by atomic mass is 16.8. The van der Waals surface area contributed by atoms with Crippen molar-refractivity contribution in [3.05, 3.63) is 54.0 Å². The Morgan fingerprint density at radius 1 is 0.960 bits per heavy atom. The van der Waals surface area contributed by atoms with Crippen molar-refractivity contribution in [2.24, 2.45) is 13.0 Å². The van der Waals surface area contributed by atoms with E-state index in [1.54, 1.807) is 20.8 Å². The molecule has 2 aliphatic rings. The van der Waals surface area contributed by atoms with Gasteiger partial charge in [-0.2, -0.15) is 0 Å². The Hall–Kier alpha value is -4.11. The van der Waals surface area contributed by atoms with Crippen LogP contribution in [0.15, 0.2) is 42.9 Å². The van der Waals surface area contributed by atoms with E-state index in [4.69, 9.17) is 23.8 Å². The number of para-hydroxylation sites is 1. The fourth-order valence-electron chi connectivity index (χ4n) is 6.35. The van der Waals surface area contributed by atoms with Crippen molar-refractivity contribution in [3.63, 3.8) is 0 Å². The van der Waals surface area contributed by atoms with Gasteiger partial charge < -0.3 is 33.7 Å². The van der Waals surface area contributed by atoms with Crippen LogP contribution in [0.3, 0.4) is 0 Å². The SMILES string of the molecule is CCCO[C@@H]1[C@H](ONC(=O)c2cnc(N3CCC(CNCc4cn(C)c5ccccc45)CC3)nc2)O[C@@H](C)[C@@H](OC(=O)CC)[C@H]1OC(=O)CC. The predicted octanol–water partition coefficient (Wildman–Crippen LogP) is 3.82. The number of nitrogens with zero attached hydrogens (tertiary/aromatic N) is 4. The normalized spacial score (nSPS) is 22.7. The zero-order valence-corrected chi connectivity index (χ0v) is 29.6. The number of piperidine rings is 1. The number of fused-ring (bicyclic) bond motifs is 1. The molecule has 1 aromatic carbocycles. The molecule has 3 aromatic rings. The van der Waals surface area contributed by atoms with Gasteiger partial charge in [-0.05, 0) is 50.3 Å². The number of carbonyl (C=O) groups is 3. The fourth-order valence-corrected chi connectivity index (χ4v) is 6.35. The van der Waals surface area contributed by atoms with Crippen LogP contribution in [0.5, 0.6) is 0 Å². The maximum Gasteiger partial charge on any atom is 0.306 e. The van der Waals surface area contributed by atoms with Crippen LogP contribution >= 0.6 is 0 Å². The number of hydrogen-bond acceptors (Lipinski definition) is 12. The van der Waals surface area contributed by atoms with Crippen molar-refractivity contribution in [3.8, 4) is 0 Å². The van der Waals surface area contributed by atoms with Gasteiger partial charge >= 0.3 is 11.9 Å². The number of benzene rings is 1. The van der Waals surface area contributed by atoms with Crippen LogP contribution in [0.1, 0.15) is 75.7 Å². The summed E-state index contributed by atoms with van der Waals surface area (Å²) in [5, 5.41) is 4.93. The maximum absolute atomic E-state index is 13.1. The minimum atomic E-state index is -1.16. The zero-order valence-electron chi connectivity index (χ0n) is 29.6. The molecule has 0 unspecified atom stereocenters. The van der Waals surface area contributed by atoms with Crippen LogP contribution in [0.25, 0.3) is 10.9 Å². The molecule has 272 valence electrons. The van der Waals surface area contributed by atoms with E-state index < -0.39 is 48.6 Å². The Kier molecular flexibility index (Phi) is 13.2. The Bertz CT molecular complexity index is 1570. The maximum atomic E-state index is 13.1. The number of amides is 1. The van der Waals surface area contributed by atoms with Crippen molar-refractivity contribution in [2.75, 3.05) is 31.1 Å². The molecule has 5 atom stereocenters. The van der Waals surface area contributed by atoms with Gasteiger partial charge in [0.05, 0.1) is 11.7 Å². The Morgan fingerprint density at radius 2 is 1.64 bits per heavy atom. The Balaban J connectivity index is 1.12. The van der Waals surface area contributed by atoms with E-state index in [-0.39, 0.29) is 18.4 Å². The predicted molar refractivity (Wildman–Crippen MR) is 185 cm³/mol. The number of esters is 2.